The van der Waals surface area contributed by atoms with Crippen LogP contribution in [0.5, 0.6) is 0 Å². The molecule has 1 saturated carbocycles. The van der Waals surface area contributed by atoms with Crippen molar-refractivity contribution in [2.45, 2.75) is 44.7 Å². The summed E-state index contributed by atoms with van der Waals surface area (Å²) < 4.78 is 14.7. The first-order valence-corrected chi connectivity index (χ1v) is 11.5. The van der Waals surface area contributed by atoms with Gasteiger partial charge in [-0.25, -0.2) is 4.98 Å². The zero-order chi connectivity index (χ0) is 24.4. The molecule has 6 N–H and O–H groups in total. The molecule has 180 valence electrons. The number of nitrogens with one attached hydrogen (secondary N) is 2. The molecule has 8 nitrogen and oxygen atoms in total. The number of rotatable bonds is 8. The first kappa shape index (κ1) is 23.7. The lowest BCUT2D eigenvalue weighted by Gasteiger charge is -2.29. The minimum absolute atomic E-state index is 0.00773. The number of amides is 2. The molecule has 4 atom stereocenters. The van der Waals surface area contributed by atoms with Crippen LogP contribution in [0.4, 0.5) is 4.39 Å². The van der Waals surface area contributed by atoms with Gasteiger partial charge in [0.2, 0.25) is 17.8 Å². The highest BCUT2D eigenvalue weighted by atomic mass is 19.1. The Morgan fingerprint density at radius 1 is 1.24 bits per heavy atom. The number of benzene rings is 1. The quantitative estimate of drug-likeness (QED) is 0.268. The molecule has 0 unspecified atom stereocenters. The van der Waals surface area contributed by atoms with Crippen LogP contribution in [0.2, 0.25) is 0 Å². The molecule has 0 bridgehead atoms. The van der Waals surface area contributed by atoms with Gasteiger partial charge in [0.05, 0.1) is 23.9 Å². The summed E-state index contributed by atoms with van der Waals surface area (Å²) in [6.07, 6.45) is 2.14. The van der Waals surface area contributed by atoms with Gasteiger partial charge in [-0.05, 0) is 35.8 Å². The Balaban J connectivity index is 1.59. The van der Waals surface area contributed by atoms with Crippen LogP contribution in [0, 0.1) is 17.8 Å². The highest BCUT2D eigenvalue weighted by molar-refractivity contribution is 5.90. The van der Waals surface area contributed by atoms with Crippen molar-refractivity contribution in [1.82, 2.24) is 20.6 Å². The van der Waals surface area contributed by atoms with E-state index in [1.165, 1.54) is 6.20 Å². The van der Waals surface area contributed by atoms with E-state index in [4.69, 9.17) is 11.6 Å². The van der Waals surface area contributed by atoms with Crippen LogP contribution in [0.15, 0.2) is 54.4 Å². The highest BCUT2D eigenvalue weighted by Gasteiger charge is 2.56. The molecule has 4 rings (SSSR count). The Morgan fingerprint density at radius 3 is 2.59 bits per heavy atom. The van der Waals surface area contributed by atoms with Gasteiger partial charge >= 0.3 is 0 Å². The number of nitrogens with zero attached hydrogens (tertiary/aromatic N) is 2. The third-order valence-electron chi connectivity index (χ3n) is 6.70. The van der Waals surface area contributed by atoms with Crippen LogP contribution >= 0.6 is 0 Å². The van der Waals surface area contributed by atoms with Gasteiger partial charge in [-0.15, -0.1) is 0 Å². The molecule has 9 heteroatoms. The van der Waals surface area contributed by atoms with Gasteiger partial charge in [0.15, 0.2) is 0 Å². The van der Waals surface area contributed by atoms with Crippen molar-refractivity contribution in [1.29, 1.82) is 0 Å². The normalized spacial score (nSPS) is 22.3. The third kappa shape index (κ3) is 4.75. The summed E-state index contributed by atoms with van der Waals surface area (Å²) in [6.45, 7) is 4.33. The zero-order valence-electron chi connectivity index (χ0n) is 19.4. The molecular weight excluding hydrogens is 435 g/mol. The number of hydrogen-bond donors (Lipinski definition) is 4. The van der Waals surface area contributed by atoms with E-state index in [-0.39, 0.29) is 30.1 Å². The SMILES string of the molecule is CC(C)c1ccc([C@@H](NC(=O)[C@@H]2[C@H]3C[C@H]3CN2C(=O)C/C(=C/N)NN)c2ccccc2)nc1F. The number of carbonyl (C=O) groups excluding carboxylic acids is 2. The van der Waals surface area contributed by atoms with Crippen molar-refractivity contribution >= 4 is 11.8 Å². The van der Waals surface area contributed by atoms with E-state index in [1.807, 2.05) is 44.2 Å². The third-order valence-corrected chi connectivity index (χ3v) is 6.70. The van der Waals surface area contributed by atoms with E-state index in [0.717, 1.165) is 12.0 Å². The summed E-state index contributed by atoms with van der Waals surface area (Å²) >= 11 is 0. The van der Waals surface area contributed by atoms with Crippen LogP contribution in [-0.4, -0.2) is 34.3 Å². The number of aromatic nitrogens is 1. The number of likely N-dealkylation sites (tertiary alicyclic amines) is 1. The minimum Gasteiger partial charge on any atom is -0.403 e. The standard InChI is InChI=1S/C25H31FN6O2/c1-14(2)18-8-9-20(29-24(18)26)22(15-6-4-3-5-7-15)30-25(34)23-19-10-16(19)13-32(23)21(33)11-17(12-27)31-28/h3-9,12,14,16,19,22-23,31H,10-11,13,27-28H2,1-2H3,(H,30,34)/b17-12-/t16-,19-,22-,23-/m0/s1. The maximum absolute atomic E-state index is 14.7. The number of hydrazine groups is 1. The van der Waals surface area contributed by atoms with E-state index < -0.39 is 18.0 Å². The molecule has 1 aromatic carbocycles. The van der Waals surface area contributed by atoms with Crippen molar-refractivity contribution < 1.29 is 14.0 Å². The fourth-order valence-electron chi connectivity index (χ4n) is 4.73. The predicted molar refractivity (Wildman–Crippen MR) is 126 cm³/mol. The molecule has 2 aliphatic rings. The van der Waals surface area contributed by atoms with E-state index >= 15 is 0 Å². The average Bonchev–Trinajstić information content (AvgIpc) is 3.49. The molecule has 1 aliphatic heterocycles. The summed E-state index contributed by atoms with van der Waals surface area (Å²) in [4.78, 5) is 32.2. The minimum atomic E-state index is -0.649. The van der Waals surface area contributed by atoms with Crippen molar-refractivity contribution in [2.24, 2.45) is 23.4 Å². The molecule has 34 heavy (non-hydrogen) atoms. The molecule has 2 aromatic rings. The fraction of sp³-hybridized carbons (Fsp3) is 0.400. The van der Waals surface area contributed by atoms with Crippen molar-refractivity contribution in [2.75, 3.05) is 6.54 Å². The average molecular weight is 467 g/mol. The molecule has 0 spiro atoms. The van der Waals surface area contributed by atoms with E-state index in [2.05, 4.69) is 15.7 Å². The van der Waals surface area contributed by atoms with E-state index in [1.54, 1.807) is 17.0 Å². The molecule has 2 amide bonds. The van der Waals surface area contributed by atoms with Gasteiger partial charge in [-0.1, -0.05) is 50.2 Å². The van der Waals surface area contributed by atoms with E-state index in [9.17, 15) is 14.0 Å². The van der Waals surface area contributed by atoms with E-state index in [0.29, 0.717) is 29.4 Å². The lowest BCUT2D eigenvalue weighted by Crippen LogP contribution is -2.49. The number of piperidine rings is 1. The maximum Gasteiger partial charge on any atom is 0.243 e. The Hall–Kier alpha value is -3.46. The summed E-state index contributed by atoms with van der Waals surface area (Å²) in [5.41, 5.74) is 10.0. The van der Waals surface area contributed by atoms with Gasteiger partial charge in [-0.3, -0.25) is 15.4 Å². The predicted octanol–water partition coefficient (Wildman–Crippen LogP) is 2.05. The van der Waals surface area contributed by atoms with Crippen molar-refractivity contribution in [3.05, 3.63) is 77.1 Å². The molecule has 1 aliphatic carbocycles. The molecule has 2 fully saturated rings. The Bertz CT molecular complexity index is 1090. The second-order valence-corrected chi connectivity index (χ2v) is 9.29. The molecule has 1 saturated heterocycles. The van der Waals surface area contributed by atoms with Gasteiger partial charge in [0.1, 0.15) is 6.04 Å². The van der Waals surface area contributed by atoms with Crippen molar-refractivity contribution in [3.63, 3.8) is 0 Å². The summed E-state index contributed by atoms with van der Waals surface area (Å²) in [6, 6.07) is 11.5. The largest absolute Gasteiger partial charge is 0.403 e. The van der Waals surface area contributed by atoms with Crippen molar-refractivity contribution in [3.8, 4) is 0 Å². The monoisotopic (exact) mass is 466 g/mol. The lowest BCUT2D eigenvalue weighted by atomic mass is 9.99. The van der Waals surface area contributed by atoms with Crippen LogP contribution < -0.4 is 22.3 Å². The summed E-state index contributed by atoms with van der Waals surface area (Å²) in [5, 5.41) is 3.05. The van der Waals surface area contributed by atoms with Gasteiger partial charge in [0.25, 0.3) is 0 Å². The van der Waals surface area contributed by atoms with Crippen LogP contribution in [0.1, 0.15) is 55.5 Å². The van der Waals surface area contributed by atoms with Gasteiger partial charge in [-0.2, -0.15) is 4.39 Å². The van der Waals surface area contributed by atoms with Crippen LogP contribution in [0.3, 0.4) is 0 Å². The smallest absolute Gasteiger partial charge is 0.243 e. The molecular formula is C25H31FN6O2. The number of pyridine rings is 1. The number of carbonyl (C=O) groups is 2. The molecule has 2 heterocycles. The zero-order valence-corrected chi connectivity index (χ0v) is 19.4. The lowest BCUT2D eigenvalue weighted by molar-refractivity contribution is -0.139. The van der Waals surface area contributed by atoms with Gasteiger partial charge in [0, 0.05) is 18.3 Å². The number of fused-ring (bicyclic) bond motifs is 1. The Morgan fingerprint density at radius 2 is 1.97 bits per heavy atom. The summed E-state index contributed by atoms with van der Waals surface area (Å²) in [7, 11) is 0. The second-order valence-electron chi connectivity index (χ2n) is 9.29. The molecule has 0 radical (unpaired) electrons. The number of hydrogen-bond acceptors (Lipinski definition) is 6. The topological polar surface area (TPSA) is 126 Å². The number of nitrogens with two attached hydrogens (primary N) is 2. The second kappa shape index (κ2) is 9.80. The first-order chi connectivity index (χ1) is 16.3. The van der Waals surface area contributed by atoms with Gasteiger partial charge < -0.3 is 21.4 Å². The number of halogens is 1. The maximum atomic E-state index is 14.7. The van der Waals surface area contributed by atoms with Crippen LogP contribution in [0.25, 0.3) is 0 Å². The Kier molecular flexibility index (Phi) is 6.83. The highest BCUT2D eigenvalue weighted by Crippen LogP contribution is 2.50. The first-order valence-electron chi connectivity index (χ1n) is 11.5. The van der Waals surface area contributed by atoms with Crippen LogP contribution in [-0.2, 0) is 9.59 Å². The molecule has 1 aromatic heterocycles. The summed E-state index contributed by atoms with van der Waals surface area (Å²) in [5.74, 6) is 4.79. The fourth-order valence-corrected chi connectivity index (χ4v) is 4.73. The Labute approximate surface area is 198 Å².